The van der Waals surface area contributed by atoms with Crippen molar-refractivity contribution in [2.45, 2.75) is 31.0 Å². The van der Waals surface area contributed by atoms with Gasteiger partial charge in [-0.25, -0.2) is 0 Å². The van der Waals surface area contributed by atoms with E-state index in [1.807, 2.05) is 0 Å². The lowest BCUT2D eigenvalue weighted by Gasteiger charge is -2.50. The molecule has 1 aromatic rings. The maximum Gasteiger partial charge on any atom is 0.255 e. The summed E-state index contributed by atoms with van der Waals surface area (Å²) in [5.41, 5.74) is 1.30. The molecule has 0 saturated carbocycles. The van der Waals surface area contributed by atoms with Gasteiger partial charge in [-0.1, -0.05) is 22.9 Å². The van der Waals surface area contributed by atoms with Crippen LogP contribution in [-0.2, 0) is 9.59 Å². The molecule has 5 atom stereocenters. The smallest absolute Gasteiger partial charge is 0.255 e. The van der Waals surface area contributed by atoms with Gasteiger partial charge in [0.15, 0.2) is 11.4 Å². The van der Waals surface area contributed by atoms with Gasteiger partial charge < -0.3 is 31.3 Å². The molecule has 30 heavy (non-hydrogen) atoms. The molecule has 0 fully saturated rings. The number of aliphatic hydroxyl groups is 4. The number of carbonyl (C=O) groups excluding carboxylic acids is 3. The second kappa shape index (κ2) is 6.40. The van der Waals surface area contributed by atoms with E-state index in [1.165, 1.54) is 6.07 Å². The summed E-state index contributed by atoms with van der Waals surface area (Å²) in [6.45, 7) is 1.66. The molecule has 7 N–H and O–H groups in total. The summed E-state index contributed by atoms with van der Waals surface area (Å²) in [6.07, 6.45) is -2.04. The molecule has 0 bridgehead atoms. The van der Waals surface area contributed by atoms with Crippen LogP contribution in [0, 0.1) is 11.8 Å². The van der Waals surface area contributed by atoms with Crippen molar-refractivity contribution in [3.63, 3.8) is 0 Å². The Labute approximate surface area is 178 Å². The molecule has 0 heterocycles. The molecule has 0 radical (unpaired) electrons. The molecule has 1 amide bonds. The van der Waals surface area contributed by atoms with Gasteiger partial charge in [0.2, 0.25) is 5.78 Å². The minimum atomic E-state index is -2.82. The number of Topliss-reactive ketones (excluding diaryl/α,β-unsaturated/α-hetero) is 2. The Bertz CT molecular complexity index is 1110. The van der Waals surface area contributed by atoms with E-state index in [0.717, 1.165) is 0 Å². The Kier molecular flexibility index (Phi) is 4.39. The molecule has 10 heteroatoms. The average molecular weight is 480 g/mol. The average Bonchev–Trinajstić information content (AvgIpc) is 2.64. The topological polar surface area (TPSA) is 178 Å². The summed E-state index contributed by atoms with van der Waals surface area (Å²) in [5.74, 6) is -8.68. The second-order valence-electron chi connectivity index (χ2n) is 7.88. The highest BCUT2D eigenvalue weighted by atomic mass is 79.9. The summed E-state index contributed by atoms with van der Waals surface area (Å²) in [5, 5.41) is 53.6. The number of amides is 1. The molecule has 4 rings (SSSR count). The van der Waals surface area contributed by atoms with Gasteiger partial charge in [0.1, 0.15) is 22.8 Å². The summed E-state index contributed by atoms with van der Waals surface area (Å²) >= 11 is 3.24. The minimum absolute atomic E-state index is 0.116. The molecular weight excluding hydrogens is 462 g/mol. The molecular formula is C20H18BrNO8. The zero-order valence-electron chi connectivity index (χ0n) is 15.6. The Morgan fingerprint density at radius 3 is 2.47 bits per heavy atom. The van der Waals surface area contributed by atoms with Crippen LogP contribution in [-0.4, -0.2) is 54.7 Å². The number of aromatic hydroxyl groups is 1. The maximum absolute atomic E-state index is 13.2. The van der Waals surface area contributed by atoms with E-state index in [4.69, 9.17) is 5.73 Å². The summed E-state index contributed by atoms with van der Waals surface area (Å²) in [6, 6.07) is 2.89. The Morgan fingerprint density at radius 1 is 1.23 bits per heavy atom. The van der Waals surface area contributed by atoms with Crippen LogP contribution < -0.4 is 5.73 Å². The Morgan fingerprint density at radius 2 is 1.87 bits per heavy atom. The molecule has 0 aliphatic heterocycles. The summed E-state index contributed by atoms with van der Waals surface area (Å²) < 4.78 is 0.497. The van der Waals surface area contributed by atoms with E-state index in [2.05, 4.69) is 15.9 Å². The number of rotatable bonds is 1. The second-order valence-corrected chi connectivity index (χ2v) is 8.79. The molecule has 0 aromatic heterocycles. The van der Waals surface area contributed by atoms with Crippen molar-refractivity contribution in [1.29, 1.82) is 0 Å². The van der Waals surface area contributed by atoms with E-state index in [-0.39, 0.29) is 11.3 Å². The van der Waals surface area contributed by atoms with Gasteiger partial charge in [0.25, 0.3) is 5.91 Å². The van der Waals surface area contributed by atoms with Crippen LogP contribution >= 0.6 is 15.9 Å². The first-order valence-corrected chi connectivity index (χ1v) is 9.90. The van der Waals surface area contributed by atoms with E-state index in [9.17, 15) is 39.9 Å². The fraction of sp³-hybridized carbons (Fsp3) is 0.350. The molecule has 3 aliphatic rings. The molecule has 9 nitrogen and oxygen atoms in total. The van der Waals surface area contributed by atoms with Crippen LogP contribution in [0.15, 0.2) is 39.3 Å². The highest BCUT2D eigenvalue weighted by Gasteiger charge is 2.64. The first kappa shape index (κ1) is 20.6. The van der Waals surface area contributed by atoms with Crippen LogP contribution in [0.2, 0.25) is 0 Å². The highest BCUT2D eigenvalue weighted by molar-refractivity contribution is 9.10. The number of carbonyl (C=O) groups is 3. The van der Waals surface area contributed by atoms with Gasteiger partial charge in [-0.3, -0.25) is 14.4 Å². The number of benzene rings is 1. The van der Waals surface area contributed by atoms with Crippen LogP contribution in [0.25, 0.3) is 0 Å². The third-order valence-corrected chi connectivity index (χ3v) is 6.86. The lowest BCUT2D eigenvalue weighted by Crippen LogP contribution is -2.62. The predicted molar refractivity (Wildman–Crippen MR) is 105 cm³/mol. The zero-order chi connectivity index (χ0) is 22.3. The number of phenolic OH excluding ortho intramolecular Hbond substituents is 1. The van der Waals surface area contributed by atoms with Crippen molar-refractivity contribution >= 4 is 33.4 Å². The number of hydrogen-bond donors (Lipinski definition) is 6. The number of primary amides is 1. The van der Waals surface area contributed by atoms with E-state index in [1.54, 1.807) is 13.0 Å². The van der Waals surface area contributed by atoms with Gasteiger partial charge in [0.05, 0.1) is 11.7 Å². The molecule has 0 saturated heterocycles. The van der Waals surface area contributed by atoms with Crippen LogP contribution in [0.4, 0.5) is 0 Å². The van der Waals surface area contributed by atoms with Crippen molar-refractivity contribution in [2.24, 2.45) is 17.6 Å². The SMILES string of the molecule is C[C@H]1c2cc(Br)cc(O)c2C(=O)C2=C(O)[C@]3(O)C(=O)C(C(N)=O)=C(O)C[C@@H]3[C@@H](O)[C@@H]21. The van der Waals surface area contributed by atoms with Crippen molar-refractivity contribution in [3.8, 4) is 5.75 Å². The van der Waals surface area contributed by atoms with Gasteiger partial charge >= 0.3 is 0 Å². The number of nitrogens with two attached hydrogens (primary N) is 1. The largest absolute Gasteiger partial charge is 0.511 e. The predicted octanol–water partition coefficient (Wildman–Crippen LogP) is 0.875. The van der Waals surface area contributed by atoms with Gasteiger partial charge in [-0.2, -0.15) is 0 Å². The van der Waals surface area contributed by atoms with Crippen molar-refractivity contribution < 1.29 is 39.9 Å². The van der Waals surface area contributed by atoms with E-state index < -0.39 is 76.0 Å². The van der Waals surface area contributed by atoms with Crippen LogP contribution in [0.5, 0.6) is 5.75 Å². The summed E-state index contributed by atoms with van der Waals surface area (Å²) in [4.78, 5) is 37.7. The maximum atomic E-state index is 13.2. The first-order chi connectivity index (χ1) is 13.9. The fourth-order valence-corrected chi connectivity index (χ4v) is 5.45. The number of phenols is 1. The molecule has 3 aliphatic carbocycles. The Balaban J connectivity index is 2.00. The number of allylic oxidation sites excluding steroid dienone is 1. The lowest BCUT2D eigenvalue weighted by atomic mass is 9.56. The number of ketones is 2. The lowest BCUT2D eigenvalue weighted by molar-refractivity contribution is -0.154. The van der Waals surface area contributed by atoms with Crippen LogP contribution in [0.3, 0.4) is 0 Å². The molecule has 0 spiro atoms. The number of hydrogen-bond acceptors (Lipinski definition) is 8. The van der Waals surface area contributed by atoms with E-state index in [0.29, 0.717) is 10.0 Å². The number of aliphatic hydroxyl groups excluding tert-OH is 3. The third kappa shape index (κ3) is 2.38. The van der Waals surface area contributed by atoms with Gasteiger partial charge in [-0.15, -0.1) is 0 Å². The first-order valence-electron chi connectivity index (χ1n) is 9.10. The minimum Gasteiger partial charge on any atom is -0.511 e. The van der Waals surface area contributed by atoms with Gasteiger partial charge in [0, 0.05) is 28.3 Å². The van der Waals surface area contributed by atoms with E-state index >= 15 is 0 Å². The van der Waals surface area contributed by atoms with Gasteiger partial charge in [-0.05, 0) is 23.6 Å². The van der Waals surface area contributed by atoms with Crippen molar-refractivity contribution in [3.05, 3.63) is 50.4 Å². The van der Waals surface area contributed by atoms with Crippen LogP contribution in [0.1, 0.15) is 35.2 Å². The van der Waals surface area contributed by atoms with Crippen molar-refractivity contribution in [1.82, 2.24) is 0 Å². The van der Waals surface area contributed by atoms with Crippen molar-refractivity contribution in [2.75, 3.05) is 0 Å². The fourth-order valence-electron chi connectivity index (χ4n) is 4.99. The number of fused-ring (bicyclic) bond motifs is 3. The highest BCUT2D eigenvalue weighted by Crippen LogP contribution is 2.55. The quantitative estimate of drug-likeness (QED) is 0.321. The molecule has 1 aromatic carbocycles. The Hall–Kier alpha value is -2.69. The molecule has 0 unspecified atom stereocenters. The number of halogens is 1. The third-order valence-electron chi connectivity index (χ3n) is 6.40. The zero-order valence-corrected chi connectivity index (χ0v) is 17.2. The monoisotopic (exact) mass is 479 g/mol. The molecule has 158 valence electrons. The standard InChI is InChI=1S/C20H18BrNO8/c1-5-7-2-6(21)3-9(23)12(7)16(26)14-11(5)15(25)8-4-10(24)13(19(22)29)17(27)20(8,30)18(14)28/h2-3,5,8,11,15,23-25,28,30H,4H2,1H3,(H2,22,29)/t5-,8+,11+,15+,20+/m0/s1. The normalized spacial score (nSPS) is 33.2. The summed E-state index contributed by atoms with van der Waals surface area (Å²) in [7, 11) is 0.